The van der Waals surface area contributed by atoms with Gasteiger partial charge >= 0.3 is 5.97 Å². The number of H-pyrrole nitrogens is 1. The van der Waals surface area contributed by atoms with Crippen molar-refractivity contribution in [2.24, 2.45) is 5.92 Å². The van der Waals surface area contributed by atoms with E-state index < -0.39 is 11.9 Å². The summed E-state index contributed by atoms with van der Waals surface area (Å²) in [5, 5.41) is 11.8. The van der Waals surface area contributed by atoms with Crippen LogP contribution in [0.15, 0.2) is 39.4 Å². The molecule has 1 aromatic carbocycles. The lowest BCUT2D eigenvalue weighted by Gasteiger charge is -2.30. The number of aliphatic carboxylic acids is 1. The lowest BCUT2D eigenvalue weighted by atomic mass is 9.96. The molecular formula is C17H15Br2N3O4. The average molecular weight is 485 g/mol. The molecule has 1 aliphatic heterocycles. The van der Waals surface area contributed by atoms with Crippen LogP contribution in [0.3, 0.4) is 0 Å². The number of nitrogens with zero attached hydrogens (tertiary/aromatic N) is 1. The predicted octanol–water partition coefficient (Wildman–Crippen LogP) is 3.62. The Kier molecular flexibility index (Phi) is 5.47. The molecule has 0 aliphatic carbocycles. The van der Waals surface area contributed by atoms with Gasteiger partial charge in [0.15, 0.2) is 0 Å². The zero-order valence-electron chi connectivity index (χ0n) is 13.5. The lowest BCUT2D eigenvalue weighted by molar-refractivity contribution is -0.144. The van der Waals surface area contributed by atoms with Gasteiger partial charge in [-0.1, -0.05) is 0 Å². The number of hydrogen-bond donors (Lipinski definition) is 3. The third-order valence-electron chi connectivity index (χ3n) is 4.18. The molecule has 3 rings (SSSR count). The zero-order chi connectivity index (χ0) is 18.8. The number of halogens is 2. The van der Waals surface area contributed by atoms with E-state index in [1.807, 2.05) is 0 Å². The van der Waals surface area contributed by atoms with Crippen LogP contribution in [0.5, 0.6) is 0 Å². The summed E-state index contributed by atoms with van der Waals surface area (Å²) >= 11 is 6.60. The lowest BCUT2D eigenvalue weighted by Crippen LogP contribution is -2.40. The van der Waals surface area contributed by atoms with Crippen molar-refractivity contribution >= 4 is 61.0 Å². The van der Waals surface area contributed by atoms with Crippen LogP contribution < -0.4 is 10.2 Å². The van der Waals surface area contributed by atoms with Crippen molar-refractivity contribution in [1.29, 1.82) is 0 Å². The SMILES string of the molecule is O=C(Nc1ccc(N2CCC(C(=O)O)CC2=O)cc1)c1cc(Br)c(Br)[nH]1. The Hall–Kier alpha value is -2.13. The molecule has 0 radical (unpaired) electrons. The maximum atomic E-state index is 12.2. The number of carbonyl (C=O) groups excluding carboxylic acids is 2. The van der Waals surface area contributed by atoms with Gasteiger partial charge in [-0.2, -0.15) is 0 Å². The minimum Gasteiger partial charge on any atom is -0.481 e. The standard InChI is InChI=1S/C17H15Br2N3O4/c18-12-8-13(21-15(12)19)16(24)20-10-1-3-11(4-2-10)22-6-5-9(17(25)26)7-14(22)23/h1-4,8-9,21H,5-7H2,(H,20,24)(H,25,26). The molecule has 7 nitrogen and oxygen atoms in total. The number of piperidine rings is 1. The number of hydrogen-bond acceptors (Lipinski definition) is 3. The highest BCUT2D eigenvalue weighted by molar-refractivity contribution is 9.13. The van der Waals surface area contributed by atoms with Crippen molar-refractivity contribution in [3.8, 4) is 0 Å². The first-order chi connectivity index (χ1) is 12.3. The second-order valence-corrected chi connectivity index (χ2v) is 7.57. The Morgan fingerprint density at radius 2 is 1.92 bits per heavy atom. The Balaban J connectivity index is 1.66. The van der Waals surface area contributed by atoms with E-state index in [4.69, 9.17) is 5.11 Å². The van der Waals surface area contributed by atoms with E-state index in [1.54, 1.807) is 35.2 Å². The fourth-order valence-electron chi connectivity index (χ4n) is 2.77. The van der Waals surface area contributed by atoms with Gasteiger partial charge in [-0.05, 0) is 68.6 Å². The van der Waals surface area contributed by atoms with Gasteiger partial charge in [0.05, 0.1) is 15.0 Å². The van der Waals surface area contributed by atoms with Gasteiger partial charge < -0.3 is 20.3 Å². The second-order valence-electron chi connectivity index (χ2n) is 5.92. The van der Waals surface area contributed by atoms with Crippen LogP contribution >= 0.6 is 31.9 Å². The van der Waals surface area contributed by atoms with Crippen molar-refractivity contribution in [2.75, 3.05) is 16.8 Å². The summed E-state index contributed by atoms with van der Waals surface area (Å²) in [6, 6.07) is 8.54. The first-order valence-corrected chi connectivity index (χ1v) is 9.42. The van der Waals surface area contributed by atoms with Gasteiger partial charge in [0, 0.05) is 24.3 Å². The van der Waals surface area contributed by atoms with Crippen LogP contribution in [-0.4, -0.2) is 34.4 Å². The highest BCUT2D eigenvalue weighted by Gasteiger charge is 2.30. The monoisotopic (exact) mass is 483 g/mol. The molecule has 2 amide bonds. The van der Waals surface area contributed by atoms with Crippen LogP contribution in [0.2, 0.25) is 0 Å². The quantitative estimate of drug-likeness (QED) is 0.616. The Morgan fingerprint density at radius 3 is 2.46 bits per heavy atom. The number of carbonyl (C=O) groups is 3. The first kappa shape index (κ1) is 18.7. The van der Waals surface area contributed by atoms with E-state index in [-0.39, 0.29) is 18.2 Å². The molecular weight excluding hydrogens is 470 g/mol. The number of rotatable bonds is 4. The molecule has 26 heavy (non-hydrogen) atoms. The molecule has 1 atom stereocenters. The van der Waals surface area contributed by atoms with Crippen molar-refractivity contribution < 1.29 is 19.5 Å². The summed E-state index contributed by atoms with van der Waals surface area (Å²) in [5.74, 6) is -2.04. The van der Waals surface area contributed by atoms with Crippen molar-refractivity contribution in [1.82, 2.24) is 4.98 Å². The first-order valence-electron chi connectivity index (χ1n) is 7.83. The fraction of sp³-hybridized carbons (Fsp3) is 0.235. The van der Waals surface area contributed by atoms with E-state index in [0.717, 1.165) is 4.47 Å². The molecule has 2 aromatic rings. The van der Waals surface area contributed by atoms with E-state index in [1.165, 1.54) is 0 Å². The molecule has 136 valence electrons. The van der Waals surface area contributed by atoms with Crippen LogP contribution in [0, 0.1) is 5.92 Å². The van der Waals surface area contributed by atoms with Gasteiger partial charge in [0.2, 0.25) is 5.91 Å². The van der Waals surface area contributed by atoms with Crippen LogP contribution in [0.1, 0.15) is 23.3 Å². The molecule has 2 heterocycles. The smallest absolute Gasteiger partial charge is 0.307 e. The molecule has 1 aliphatic rings. The predicted molar refractivity (Wildman–Crippen MR) is 103 cm³/mol. The third-order valence-corrected chi connectivity index (χ3v) is 5.96. The normalized spacial score (nSPS) is 17.2. The molecule has 0 bridgehead atoms. The van der Waals surface area contributed by atoms with Crippen LogP contribution in [0.4, 0.5) is 11.4 Å². The van der Waals surface area contributed by atoms with E-state index in [2.05, 4.69) is 42.2 Å². The number of aromatic amines is 1. The Labute approximate surface area is 166 Å². The van der Waals surface area contributed by atoms with Gasteiger partial charge in [-0.3, -0.25) is 14.4 Å². The summed E-state index contributed by atoms with van der Waals surface area (Å²) in [6.45, 7) is 0.367. The third kappa shape index (κ3) is 3.99. The molecule has 1 fully saturated rings. The molecule has 1 unspecified atom stereocenters. The number of amides is 2. The summed E-state index contributed by atoms with van der Waals surface area (Å²) in [5.41, 5.74) is 1.68. The number of carboxylic acids is 1. The topological polar surface area (TPSA) is 102 Å². The van der Waals surface area contributed by atoms with E-state index >= 15 is 0 Å². The minimum absolute atomic E-state index is 0.00437. The summed E-state index contributed by atoms with van der Waals surface area (Å²) in [4.78, 5) is 39.9. The van der Waals surface area contributed by atoms with Crippen molar-refractivity contribution in [3.63, 3.8) is 0 Å². The molecule has 1 aromatic heterocycles. The summed E-state index contributed by atoms with van der Waals surface area (Å²) in [7, 11) is 0. The Bertz CT molecular complexity index is 844. The molecule has 9 heteroatoms. The van der Waals surface area contributed by atoms with Crippen molar-refractivity contribution in [2.45, 2.75) is 12.8 Å². The number of anilines is 2. The molecule has 0 spiro atoms. The number of carboxylic acid groups (broad SMARTS) is 1. The van der Waals surface area contributed by atoms with E-state index in [0.29, 0.717) is 34.6 Å². The summed E-state index contributed by atoms with van der Waals surface area (Å²) in [6.07, 6.45) is 0.431. The van der Waals surface area contributed by atoms with Gasteiger partial charge in [-0.15, -0.1) is 0 Å². The maximum Gasteiger partial charge on any atom is 0.307 e. The van der Waals surface area contributed by atoms with Crippen LogP contribution in [0.25, 0.3) is 0 Å². The van der Waals surface area contributed by atoms with Crippen LogP contribution in [-0.2, 0) is 9.59 Å². The largest absolute Gasteiger partial charge is 0.481 e. The number of benzene rings is 1. The molecule has 1 saturated heterocycles. The number of nitrogens with one attached hydrogen (secondary N) is 2. The zero-order valence-corrected chi connectivity index (χ0v) is 16.6. The average Bonchev–Trinajstić information content (AvgIpc) is 2.95. The Morgan fingerprint density at radius 1 is 1.23 bits per heavy atom. The van der Waals surface area contributed by atoms with Gasteiger partial charge in [0.1, 0.15) is 5.69 Å². The molecule has 0 saturated carbocycles. The fourth-order valence-corrected chi connectivity index (χ4v) is 3.42. The van der Waals surface area contributed by atoms with Gasteiger partial charge in [-0.25, -0.2) is 0 Å². The highest BCUT2D eigenvalue weighted by Crippen LogP contribution is 2.27. The van der Waals surface area contributed by atoms with E-state index in [9.17, 15) is 14.4 Å². The maximum absolute atomic E-state index is 12.2. The molecule has 3 N–H and O–H groups in total. The van der Waals surface area contributed by atoms with Gasteiger partial charge in [0.25, 0.3) is 5.91 Å². The highest BCUT2D eigenvalue weighted by atomic mass is 79.9. The minimum atomic E-state index is -0.932. The number of aromatic nitrogens is 1. The summed E-state index contributed by atoms with van der Waals surface area (Å²) < 4.78 is 1.43. The second kappa shape index (κ2) is 7.63. The van der Waals surface area contributed by atoms with Crippen molar-refractivity contribution in [3.05, 3.63) is 45.1 Å².